The van der Waals surface area contributed by atoms with E-state index >= 15 is 0 Å². The minimum Gasteiger partial charge on any atom is -0.505 e. The van der Waals surface area contributed by atoms with Crippen LogP contribution in [0, 0.1) is 0 Å². The molecule has 0 saturated carbocycles. The van der Waals surface area contributed by atoms with Crippen LogP contribution in [0.15, 0.2) is 158 Å². The summed E-state index contributed by atoms with van der Waals surface area (Å²) in [6, 6.07) is 35.8. The molecule has 0 radical (unpaired) electrons. The summed E-state index contributed by atoms with van der Waals surface area (Å²) in [5, 5.41) is 32.4. The number of aromatic amines is 3. The Hall–Kier alpha value is -8.95. The van der Waals surface area contributed by atoms with Gasteiger partial charge in [0.05, 0.1) is 32.4 Å². The van der Waals surface area contributed by atoms with Crippen LogP contribution in [0.1, 0.15) is 75.9 Å². The van der Waals surface area contributed by atoms with Crippen molar-refractivity contribution in [3.63, 3.8) is 0 Å². The Balaban J connectivity index is 0.000000158. The zero-order chi connectivity index (χ0) is 56.3. The van der Waals surface area contributed by atoms with Gasteiger partial charge in [0.25, 0.3) is 20.2 Å². The number of carbonyl (C=O) groups excluding carboxylic acids is 3. The van der Waals surface area contributed by atoms with E-state index in [4.69, 9.17) is 26.6 Å². The molecule has 3 aliphatic rings. The Morgan fingerprint density at radius 3 is 1.08 bits per heavy atom. The molecule has 0 atom stereocenters. The number of hydrogen-bond donors (Lipinski definition) is 10. The van der Waals surface area contributed by atoms with Crippen LogP contribution in [-0.2, 0) is 30.6 Å². The molecule has 0 unspecified atom stereocenters. The first-order chi connectivity index (χ1) is 36.5. The Morgan fingerprint density at radius 2 is 0.688 bits per heavy atom. The van der Waals surface area contributed by atoms with E-state index in [2.05, 4.69) is 29.9 Å². The topological polar surface area (TPSA) is 380 Å². The van der Waals surface area contributed by atoms with Gasteiger partial charge in [-0.1, -0.05) is 76.2 Å². The van der Waals surface area contributed by atoms with Gasteiger partial charge in [0, 0.05) is 43.8 Å². The summed E-state index contributed by atoms with van der Waals surface area (Å²) in [6.45, 7) is 8.00. The highest BCUT2D eigenvalue weighted by atomic mass is 32.3. The van der Waals surface area contributed by atoms with Crippen LogP contribution in [0.3, 0.4) is 0 Å². The number of Topliss-reactive ketones (excluding diaryl/α,β-unsaturated/α-hetero) is 3. The highest BCUT2D eigenvalue weighted by Gasteiger charge is 2.33. The van der Waals surface area contributed by atoms with Gasteiger partial charge in [0.2, 0.25) is 17.3 Å². The van der Waals surface area contributed by atoms with Crippen molar-refractivity contribution in [2.24, 2.45) is 15.0 Å². The number of aliphatic imine (C=N–C) groups is 3. The van der Waals surface area contributed by atoms with Gasteiger partial charge in [-0.3, -0.25) is 32.6 Å². The van der Waals surface area contributed by atoms with E-state index in [1.807, 2.05) is 76.2 Å². The van der Waals surface area contributed by atoms with Gasteiger partial charge in [-0.2, -0.15) is 25.3 Å². The first-order valence-electron chi connectivity index (χ1n) is 22.8. The molecule has 22 nitrogen and oxygen atoms in total. The van der Waals surface area contributed by atoms with E-state index in [-0.39, 0.29) is 68.0 Å². The average Bonchev–Trinajstić information content (AvgIpc) is 4.30. The van der Waals surface area contributed by atoms with Gasteiger partial charge in [-0.05, 0) is 84.9 Å². The third-order valence-corrected chi connectivity index (χ3v) is 13.0. The molecule has 0 amide bonds. The summed E-state index contributed by atoms with van der Waals surface area (Å²) < 4.78 is 94.9. The SMILES string of the molecule is CC.CC.O=C1C(c2[nH]c3ccc(S(=O)(=O)O)cc3c2O)=Nc2ccc(S(=O)(=O)O)cc21.O=C1C(c2[nH]c3ccccc3c2O)=Nc2ccccc21.O=C1C(c2[nH]c3ccccc3c2O)=Nc2ccccc21.O=S(=O)(O)O. The lowest BCUT2D eigenvalue weighted by molar-refractivity contribution is 0.106. The van der Waals surface area contributed by atoms with Crippen molar-refractivity contribution in [3.8, 4) is 17.2 Å². The molecule has 0 saturated heterocycles. The fourth-order valence-corrected chi connectivity index (χ4v) is 8.99. The molecule has 9 aromatic rings. The molecule has 10 N–H and O–H groups in total. The van der Waals surface area contributed by atoms with Crippen LogP contribution in [0.25, 0.3) is 32.7 Å². The Bertz CT molecular complexity index is 4150. The minimum atomic E-state index is -4.67. The lowest BCUT2D eigenvalue weighted by Gasteiger charge is -2.00. The van der Waals surface area contributed by atoms with E-state index in [9.17, 15) is 46.5 Å². The van der Waals surface area contributed by atoms with E-state index in [0.717, 1.165) is 35.3 Å². The van der Waals surface area contributed by atoms with Crippen molar-refractivity contribution in [1.29, 1.82) is 0 Å². The summed E-state index contributed by atoms with van der Waals surface area (Å²) in [5.41, 5.74) is 5.31. The fraction of sp³-hybridized carbons (Fsp3) is 0.0769. The van der Waals surface area contributed by atoms with E-state index in [1.54, 1.807) is 48.5 Å². The molecule has 77 heavy (non-hydrogen) atoms. The van der Waals surface area contributed by atoms with Gasteiger partial charge in [-0.15, -0.1) is 0 Å². The number of benzene rings is 6. The number of para-hydroxylation sites is 4. The number of rotatable bonds is 5. The van der Waals surface area contributed by atoms with Gasteiger partial charge >= 0.3 is 10.4 Å². The molecule has 25 heteroatoms. The molecule has 0 fully saturated rings. The van der Waals surface area contributed by atoms with Crippen LogP contribution >= 0.6 is 0 Å². The fourth-order valence-electron chi connectivity index (χ4n) is 7.97. The second kappa shape index (κ2) is 22.1. The molecule has 0 bridgehead atoms. The standard InChI is InChI=1S/C16H10N2O8S2.2C16H10N2O2.2C2H6.H2O4S/c19-15-9-5-7(27(21,22)23)1-3-11(9)17-13(15)14-16(20)10-6-8(28(24,25)26)2-4-12(10)18-14;2*19-15-9-5-1-3-7-11(9)17-13(15)14-16(20)10-6-2-4-8-12(10)18-14;2*1-2;1-5(2,3)4/h1-6,17,19H,(H,21,22,23)(H,24,25,26);2*1-8,17,19H;2*1-2H3;(H2,1,2,3,4). The van der Waals surface area contributed by atoms with Gasteiger partial charge in [0.1, 0.15) is 34.2 Å². The summed E-state index contributed by atoms with van der Waals surface area (Å²) in [7, 11) is -13.7. The highest BCUT2D eigenvalue weighted by molar-refractivity contribution is 7.86. The molecular formula is C52H44N6O16S3. The molecular weight excluding hydrogens is 1060 g/mol. The lowest BCUT2D eigenvalue weighted by Crippen LogP contribution is -2.12. The summed E-state index contributed by atoms with van der Waals surface area (Å²) in [4.78, 5) is 58.1. The van der Waals surface area contributed by atoms with Crippen LogP contribution in [0.2, 0.25) is 0 Å². The summed E-state index contributed by atoms with van der Waals surface area (Å²) in [6.07, 6.45) is 0. The van der Waals surface area contributed by atoms with Gasteiger partial charge < -0.3 is 30.3 Å². The van der Waals surface area contributed by atoms with Crippen molar-refractivity contribution in [1.82, 2.24) is 15.0 Å². The predicted octanol–water partition coefficient (Wildman–Crippen LogP) is 9.46. The molecule has 6 heterocycles. The van der Waals surface area contributed by atoms with E-state index in [0.29, 0.717) is 44.7 Å². The first kappa shape index (κ1) is 55.8. The number of aromatic hydroxyl groups is 3. The third-order valence-electron chi connectivity index (χ3n) is 11.3. The number of H-pyrrole nitrogens is 3. The lowest BCUT2D eigenvalue weighted by atomic mass is 10.1. The average molecular weight is 1110 g/mol. The molecule has 6 aromatic carbocycles. The van der Waals surface area contributed by atoms with Crippen LogP contribution in [0.4, 0.5) is 17.1 Å². The van der Waals surface area contributed by atoms with Crippen molar-refractivity contribution in [2.45, 2.75) is 37.5 Å². The number of ketones is 3. The van der Waals surface area contributed by atoms with Crippen molar-refractivity contribution < 1.29 is 73.2 Å². The smallest absolute Gasteiger partial charge is 0.394 e. The van der Waals surface area contributed by atoms with Crippen LogP contribution < -0.4 is 0 Å². The number of nitrogens with zero attached hydrogens (tertiary/aromatic N) is 3. The predicted molar refractivity (Wildman–Crippen MR) is 287 cm³/mol. The monoisotopic (exact) mass is 1100 g/mol. The third kappa shape index (κ3) is 11.5. The molecule has 3 aromatic heterocycles. The Morgan fingerprint density at radius 1 is 0.377 bits per heavy atom. The number of aromatic nitrogens is 3. The highest BCUT2D eigenvalue weighted by Crippen LogP contribution is 2.39. The maximum absolute atomic E-state index is 12.7. The quantitative estimate of drug-likeness (QED) is 0.0717. The Labute approximate surface area is 437 Å². The number of nitrogens with one attached hydrogen (secondary N) is 3. The maximum atomic E-state index is 12.7. The first-order valence-corrected chi connectivity index (χ1v) is 27.1. The maximum Gasteiger partial charge on any atom is 0.394 e. The second-order valence-corrected chi connectivity index (χ2v) is 19.6. The minimum absolute atomic E-state index is 0.0372. The number of hydrogen-bond acceptors (Lipinski definition) is 15. The zero-order valence-corrected chi connectivity index (χ0v) is 43.0. The van der Waals surface area contributed by atoms with Crippen molar-refractivity contribution >= 4 is 115 Å². The Kier molecular flexibility index (Phi) is 16.0. The van der Waals surface area contributed by atoms with E-state index in [1.165, 1.54) is 12.1 Å². The molecule has 0 aliphatic carbocycles. The summed E-state index contributed by atoms with van der Waals surface area (Å²) >= 11 is 0. The van der Waals surface area contributed by atoms with Crippen LogP contribution in [-0.4, -0.2) is 108 Å². The number of fused-ring (bicyclic) bond motifs is 6. The molecule has 3 aliphatic heterocycles. The van der Waals surface area contributed by atoms with E-state index < -0.39 is 52.0 Å². The largest absolute Gasteiger partial charge is 0.505 e. The molecule has 396 valence electrons. The number of carbonyl (C=O) groups is 3. The summed E-state index contributed by atoms with van der Waals surface area (Å²) in [5.74, 6) is -1.35. The van der Waals surface area contributed by atoms with Gasteiger partial charge in [0.15, 0.2) is 17.2 Å². The zero-order valence-electron chi connectivity index (χ0n) is 40.6. The second-order valence-electron chi connectivity index (χ2n) is 15.8. The van der Waals surface area contributed by atoms with Crippen LogP contribution in [0.5, 0.6) is 17.2 Å². The van der Waals surface area contributed by atoms with Gasteiger partial charge in [-0.25, -0.2) is 15.0 Å². The normalized spacial score (nSPS) is 13.2. The molecule has 12 rings (SSSR count). The van der Waals surface area contributed by atoms with Crippen molar-refractivity contribution in [3.05, 3.63) is 167 Å². The van der Waals surface area contributed by atoms with Crippen molar-refractivity contribution in [2.75, 3.05) is 0 Å². The molecule has 0 spiro atoms.